The second-order valence-electron chi connectivity index (χ2n) is 8.64. The fraction of sp³-hybridized carbons (Fsp3) is 0.458. The predicted octanol–water partition coefficient (Wildman–Crippen LogP) is 5.72. The van der Waals surface area contributed by atoms with Crippen LogP contribution in [0.3, 0.4) is 0 Å². The fourth-order valence-corrected chi connectivity index (χ4v) is 5.38. The first-order valence-corrected chi connectivity index (χ1v) is 11.5. The molecule has 1 saturated heterocycles. The van der Waals surface area contributed by atoms with Crippen molar-refractivity contribution in [3.8, 4) is 0 Å². The predicted molar refractivity (Wildman–Crippen MR) is 126 cm³/mol. The molecular formula is C24H30ClN5. The van der Waals surface area contributed by atoms with Crippen molar-refractivity contribution in [2.75, 3.05) is 36.4 Å². The minimum Gasteiger partial charge on any atom is -0.369 e. The molecule has 6 heteroatoms. The Morgan fingerprint density at radius 3 is 2.67 bits per heavy atom. The van der Waals surface area contributed by atoms with Crippen LogP contribution in [0, 0.1) is 6.92 Å². The molecule has 5 rings (SSSR count). The number of pyridine rings is 1. The molecular weight excluding hydrogens is 394 g/mol. The Balaban J connectivity index is 1.31. The summed E-state index contributed by atoms with van der Waals surface area (Å²) in [5, 5.41) is 5.26. The van der Waals surface area contributed by atoms with E-state index in [-0.39, 0.29) is 0 Å². The van der Waals surface area contributed by atoms with E-state index in [2.05, 4.69) is 44.1 Å². The average molecular weight is 424 g/mol. The second-order valence-corrected chi connectivity index (χ2v) is 9.05. The highest BCUT2D eigenvalue weighted by molar-refractivity contribution is 6.35. The van der Waals surface area contributed by atoms with E-state index in [1.807, 2.05) is 24.5 Å². The molecule has 3 aromatic rings. The highest BCUT2D eigenvalue weighted by Gasteiger charge is 2.26. The van der Waals surface area contributed by atoms with Crippen LogP contribution >= 0.6 is 11.6 Å². The molecule has 2 fully saturated rings. The van der Waals surface area contributed by atoms with Crippen molar-refractivity contribution >= 4 is 39.7 Å². The van der Waals surface area contributed by atoms with Crippen molar-refractivity contribution in [1.82, 2.24) is 14.9 Å². The molecule has 1 aliphatic heterocycles. The van der Waals surface area contributed by atoms with Gasteiger partial charge in [-0.25, -0.2) is 4.98 Å². The van der Waals surface area contributed by atoms with Crippen LogP contribution in [-0.2, 0) is 0 Å². The summed E-state index contributed by atoms with van der Waals surface area (Å²) in [7, 11) is 0. The van der Waals surface area contributed by atoms with Crippen molar-refractivity contribution < 1.29 is 0 Å². The molecule has 0 radical (unpaired) electrons. The summed E-state index contributed by atoms with van der Waals surface area (Å²) in [6, 6.07) is 9.01. The first-order valence-electron chi connectivity index (χ1n) is 11.2. The number of halogens is 1. The van der Waals surface area contributed by atoms with Gasteiger partial charge in [0.1, 0.15) is 5.82 Å². The van der Waals surface area contributed by atoms with Crippen LogP contribution in [0.1, 0.15) is 37.7 Å². The van der Waals surface area contributed by atoms with Gasteiger partial charge in [-0.2, -0.15) is 0 Å². The van der Waals surface area contributed by atoms with E-state index in [1.54, 1.807) is 0 Å². The molecule has 0 bridgehead atoms. The summed E-state index contributed by atoms with van der Waals surface area (Å²) in [6.45, 7) is 6.65. The van der Waals surface area contributed by atoms with Crippen molar-refractivity contribution in [2.45, 2.75) is 45.1 Å². The van der Waals surface area contributed by atoms with Gasteiger partial charge < -0.3 is 15.2 Å². The van der Waals surface area contributed by atoms with Crippen molar-refractivity contribution in [3.05, 3.63) is 47.2 Å². The molecule has 5 nitrogen and oxygen atoms in total. The fourth-order valence-electron chi connectivity index (χ4n) is 5.10. The number of hydrogen-bond donors (Lipinski definition) is 2. The number of aromatic nitrogens is 2. The maximum Gasteiger partial charge on any atom is 0.135 e. The number of nitrogens with zero attached hydrogens (tertiary/aromatic N) is 3. The zero-order valence-electron chi connectivity index (χ0n) is 17.6. The third-order valence-electron chi connectivity index (χ3n) is 6.80. The quantitative estimate of drug-likeness (QED) is 0.563. The number of benzene rings is 1. The van der Waals surface area contributed by atoms with Crippen molar-refractivity contribution in [3.63, 3.8) is 0 Å². The maximum atomic E-state index is 6.45. The number of aromatic amines is 1. The van der Waals surface area contributed by atoms with E-state index >= 15 is 0 Å². The highest BCUT2D eigenvalue weighted by atomic mass is 35.5. The van der Waals surface area contributed by atoms with Gasteiger partial charge in [0.2, 0.25) is 0 Å². The summed E-state index contributed by atoms with van der Waals surface area (Å²) in [4.78, 5) is 13.1. The summed E-state index contributed by atoms with van der Waals surface area (Å²) in [5.41, 5.74) is 4.44. The largest absolute Gasteiger partial charge is 0.369 e. The van der Waals surface area contributed by atoms with Gasteiger partial charge in [0.05, 0.1) is 5.02 Å². The lowest BCUT2D eigenvalue weighted by Gasteiger charge is -2.42. The Morgan fingerprint density at radius 2 is 1.87 bits per heavy atom. The lowest BCUT2D eigenvalue weighted by molar-refractivity contribution is 0.148. The van der Waals surface area contributed by atoms with Crippen LogP contribution in [0.15, 0.2) is 36.7 Å². The Bertz CT molecular complexity index is 1020. The van der Waals surface area contributed by atoms with E-state index in [0.29, 0.717) is 0 Å². The first kappa shape index (κ1) is 19.7. The number of fused-ring (bicyclic) bond motifs is 1. The van der Waals surface area contributed by atoms with Crippen LogP contribution in [0.4, 0.5) is 17.2 Å². The third kappa shape index (κ3) is 3.88. The van der Waals surface area contributed by atoms with Gasteiger partial charge in [-0.1, -0.05) is 30.9 Å². The van der Waals surface area contributed by atoms with Gasteiger partial charge in [0.25, 0.3) is 0 Å². The zero-order chi connectivity index (χ0) is 20.5. The molecule has 3 heterocycles. The molecule has 158 valence electrons. The Hall–Kier alpha value is -2.24. The monoisotopic (exact) mass is 423 g/mol. The van der Waals surface area contributed by atoms with E-state index in [1.165, 1.54) is 43.4 Å². The van der Waals surface area contributed by atoms with E-state index in [0.717, 1.165) is 59.7 Å². The van der Waals surface area contributed by atoms with Gasteiger partial charge in [0, 0.05) is 72.5 Å². The van der Waals surface area contributed by atoms with Gasteiger partial charge >= 0.3 is 0 Å². The number of rotatable bonds is 4. The molecule has 2 aromatic heterocycles. The molecule has 2 N–H and O–H groups in total. The lowest BCUT2D eigenvalue weighted by Crippen LogP contribution is -2.51. The summed E-state index contributed by atoms with van der Waals surface area (Å²) < 4.78 is 0. The number of anilines is 3. The van der Waals surface area contributed by atoms with Gasteiger partial charge in [-0.15, -0.1) is 0 Å². The molecule has 0 amide bonds. The molecule has 1 aromatic carbocycles. The van der Waals surface area contributed by atoms with Crippen LogP contribution in [0.25, 0.3) is 10.9 Å². The van der Waals surface area contributed by atoms with Crippen LogP contribution in [0.2, 0.25) is 5.02 Å². The van der Waals surface area contributed by atoms with E-state index in [4.69, 9.17) is 11.6 Å². The molecule has 30 heavy (non-hydrogen) atoms. The molecule has 1 aliphatic carbocycles. The van der Waals surface area contributed by atoms with Gasteiger partial charge in [-0.05, 0) is 44.0 Å². The maximum absolute atomic E-state index is 6.45. The van der Waals surface area contributed by atoms with Gasteiger partial charge in [0.15, 0.2) is 0 Å². The number of H-pyrrole nitrogens is 1. The molecule has 1 saturated carbocycles. The number of piperazine rings is 1. The summed E-state index contributed by atoms with van der Waals surface area (Å²) in [5.74, 6) is 0.893. The van der Waals surface area contributed by atoms with E-state index < -0.39 is 0 Å². The minimum absolute atomic E-state index is 0.740. The van der Waals surface area contributed by atoms with Crippen molar-refractivity contribution in [2.24, 2.45) is 0 Å². The van der Waals surface area contributed by atoms with Crippen LogP contribution < -0.4 is 10.2 Å². The Morgan fingerprint density at radius 1 is 1.07 bits per heavy atom. The SMILES string of the molecule is Cc1c(N2CCN(C3CCCCC3)CC2)ccnc1Nc1cc(Cl)c2cc[nH]c2c1. The molecule has 0 unspecified atom stereocenters. The summed E-state index contributed by atoms with van der Waals surface area (Å²) >= 11 is 6.45. The van der Waals surface area contributed by atoms with Crippen LogP contribution in [0.5, 0.6) is 0 Å². The molecule has 0 spiro atoms. The minimum atomic E-state index is 0.740. The number of hydrogen-bond acceptors (Lipinski definition) is 4. The lowest BCUT2D eigenvalue weighted by atomic mass is 9.94. The highest BCUT2D eigenvalue weighted by Crippen LogP contribution is 2.32. The van der Waals surface area contributed by atoms with Crippen molar-refractivity contribution in [1.29, 1.82) is 0 Å². The van der Waals surface area contributed by atoms with Crippen LogP contribution in [-0.4, -0.2) is 47.1 Å². The standard InChI is InChI=1S/C24H30ClN5/c1-17-23(30-13-11-29(12-14-30)19-5-3-2-4-6-19)8-10-27-24(17)28-18-15-21(25)20-7-9-26-22(20)16-18/h7-10,15-16,19,26H,2-6,11-14H2,1H3,(H,27,28). The van der Waals surface area contributed by atoms with E-state index in [9.17, 15) is 0 Å². The smallest absolute Gasteiger partial charge is 0.135 e. The second kappa shape index (κ2) is 8.48. The average Bonchev–Trinajstić information content (AvgIpc) is 3.25. The Labute approximate surface area is 183 Å². The normalized spacial score (nSPS) is 18.8. The third-order valence-corrected chi connectivity index (χ3v) is 7.12. The molecule has 0 atom stereocenters. The van der Waals surface area contributed by atoms with Gasteiger partial charge in [-0.3, -0.25) is 4.90 Å². The molecule has 2 aliphatic rings. The zero-order valence-corrected chi connectivity index (χ0v) is 18.4. The number of nitrogens with one attached hydrogen (secondary N) is 2. The first-order chi connectivity index (χ1) is 14.7. The Kier molecular flexibility index (Phi) is 5.57. The topological polar surface area (TPSA) is 47.2 Å². The summed E-state index contributed by atoms with van der Waals surface area (Å²) in [6.07, 6.45) is 10.8.